The second-order valence-electron chi connectivity index (χ2n) is 5.30. The molecule has 2 atom stereocenters. The Hall–Kier alpha value is -1.43. The number of aliphatic hydroxyl groups is 2. The fourth-order valence-electron chi connectivity index (χ4n) is 2.22. The van der Waals surface area contributed by atoms with Crippen LogP contribution in [0.5, 0.6) is 0 Å². The number of fused-ring (bicyclic) bond motifs is 1. The summed E-state index contributed by atoms with van der Waals surface area (Å²) in [5.41, 5.74) is 0.750. The lowest BCUT2D eigenvalue weighted by Crippen LogP contribution is -2.45. The van der Waals surface area contributed by atoms with E-state index < -0.39 is 5.60 Å². The van der Waals surface area contributed by atoms with Gasteiger partial charge in [0, 0.05) is 31.7 Å². The summed E-state index contributed by atoms with van der Waals surface area (Å²) in [6, 6.07) is 7.59. The van der Waals surface area contributed by atoms with Crippen molar-refractivity contribution in [2.45, 2.75) is 25.0 Å². The molecule has 0 aliphatic carbocycles. The highest BCUT2D eigenvalue weighted by Gasteiger charge is 2.30. The van der Waals surface area contributed by atoms with Crippen LogP contribution in [0.25, 0.3) is 0 Å². The number of para-hydroxylation sites is 1. The average molecular weight is 264 g/mol. The maximum atomic E-state index is 11.9. The molecule has 2 rings (SSSR count). The zero-order valence-electron chi connectivity index (χ0n) is 11.3. The van der Waals surface area contributed by atoms with E-state index in [9.17, 15) is 9.90 Å². The monoisotopic (exact) mass is 264 g/mol. The van der Waals surface area contributed by atoms with Gasteiger partial charge in [0.25, 0.3) is 0 Å². The molecule has 104 valence electrons. The van der Waals surface area contributed by atoms with Crippen LogP contribution < -0.4 is 10.2 Å². The van der Waals surface area contributed by atoms with Gasteiger partial charge in [-0.2, -0.15) is 0 Å². The van der Waals surface area contributed by atoms with E-state index >= 15 is 0 Å². The quantitative estimate of drug-likeness (QED) is 0.737. The highest BCUT2D eigenvalue weighted by atomic mass is 16.3. The van der Waals surface area contributed by atoms with Crippen LogP contribution >= 0.6 is 0 Å². The summed E-state index contributed by atoms with van der Waals surface area (Å²) in [4.78, 5) is 13.6. The van der Waals surface area contributed by atoms with Gasteiger partial charge in [-0.1, -0.05) is 18.2 Å². The van der Waals surface area contributed by atoms with Gasteiger partial charge in [-0.25, -0.2) is 0 Å². The summed E-state index contributed by atoms with van der Waals surface area (Å²) in [5.74, 6) is 0.0415. The molecule has 5 heteroatoms. The van der Waals surface area contributed by atoms with Gasteiger partial charge in [0.15, 0.2) is 0 Å². The zero-order chi connectivity index (χ0) is 14.0. The summed E-state index contributed by atoms with van der Waals surface area (Å²) in [6.45, 7) is 1.48. The van der Waals surface area contributed by atoms with Crippen LogP contribution in [0.1, 0.15) is 24.9 Å². The molecule has 1 amide bonds. The topological polar surface area (TPSA) is 72.8 Å². The average Bonchev–Trinajstić information content (AvgIpc) is 2.41. The first kappa shape index (κ1) is 14.0. The molecular weight excluding hydrogens is 244 g/mol. The highest BCUT2D eigenvalue weighted by molar-refractivity contribution is 5.96. The molecule has 1 heterocycles. The van der Waals surface area contributed by atoms with Gasteiger partial charge >= 0.3 is 0 Å². The number of carbonyl (C=O) groups excluding carboxylic acids is 1. The van der Waals surface area contributed by atoms with E-state index in [2.05, 4.69) is 5.32 Å². The Kier molecular flexibility index (Phi) is 3.89. The molecule has 0 saturated heterocycles. The molecule has 2 unspecified atom stereocenters. The zero-order valence-corrected chi connectivity index (χ0v) is 11.3. The van der Waals surface area contributed by atoms with Gasteiger partial charge in [0.2, 0.25) is 5.91 Å². The number of nitrogens with zero attached hydrogens (tertiary/aromatic N) is 1. The second kappa shape index (κ2) is 5.28. The molecule has 19 heavy (non-hydrogen) atoms. The van der Waals surface area contributed by atoms with Gasteiger partial charge in [-0.3, -0.25) is 4.79 Å². The van der Waals surface area contributed by atoms with Crippen molar-refractivity contribution in [2.75, 3.05) is 25.1 Å². The van der Waals surface area contributed by atoms with Crippen LogP contribution in [0, 0.1) is 0 Å². The fourth-order valence-corrected chi connectivity index (χ4v) is 2.22. The number of anilines is 1. The number of aliphatic hydroxyl groups excluding tert-OH is 1. The van der Waals surface area contributed by atoms with Gasteiger partial charge in [0.1, 0.15) is 0 Å². The summed E-state index contributed by atoms with van der Waals surface area (Å²) >= 11 is 0. The largest absolute Gasteiger partial charge is 0.393 e. The number of hydrogen-bond acceptors (Lipinski definition) is 4. The minimum atomic E-state index is -1.18. The first-order valence-electron chi connectivity index (χ1n) is 6.37. The molecule has 1 aliphatic heterocycles. The molecule has 0 aromatic heterocycles. The molecule has 0 fully saturated rings. The Morgan fingerprint density at radius 2 is 2.16 bits per heavy atom. The lowest BCUT2D eigenvalue weighted by molar-refractivity contribution is -0.119. The molecule has 1 aromatic carbocycles. The first-order chi connectivity index (χ1) is 8.94. The lowest BCUT2D eigenvalue weighted by Gasteiger charge is -2.33. The molecule has 0 spiro atoms. The molecule has 1 aliphatic rings. The van der Waals surface area contributed by atoms with Crippen molar-refractivity contribution in [3.8, 4) is 0 Å². The maximum Gasteiger partial charge on any atom is 0.228 e. The van der Waals surface area contributed by atoms with Gasteiger partial charge in [0.05, 0.1) is 12.2 Å². The molecule has 5 nitrogen and oxygen atoms in total. The third-order valence-corrected chi connectivity index (χ3v) is 3.50. The number of rotatable bonds is 4. The van der Waals surface area contributed by atoms with Crippen LogP contribution in [0.15, 0.2) is 24.3 Å². The van der Waals surface area contributed by atoms with Crippen LogP contribution in [-0.4, -0.2) is 41.9 Å². The lowest BCUT2D eigenvalue weighted by atomic mass is 9.95. The predicted octanol–water partition coefficient (Wildman–Crippen LogP) is 0.427. The Labute approximate surface area is 112 Å². The van der Waals surface area contributed by atoms with Crippen molar-refractivity contribution in [2.24, 2.45) is 0 Å². The molecule has 0 radical (unpaired) electrons. The second-order valence-corrected chi connectivity index (χ2v) is 5.30. The van der Waals surface area contributed by atoms with Gasteiger partial charge in [-0.15, -0.1) is 0 Å². The minimum absolute atomic E-state index is 0.0415. The van der Waals surface area contributed by atoms with Crippen LogP contribution in [0.4, 0.5) is 5.69 Å². The molecule has 1 aromatic rings. The normalized spacial score (nSPS) is 22.0. The highest BCUT2D eigenvalue weighted by Crippen LogP contribution is 2.33. The summed E-state index contributed by atoms with van der Waals surface area (Å²) in [5, 5.41) is 22.0. The number of hydrogen-bond donors (Lipinski definition) is 3. The van der Waals surface area contributed by atoms with Crippen molar-refractivity contribution in [3.63, 3.8) is 0 Å². The molecule has 0 bridgehead atoms. The van der Waals surface area contributed by atoms with Crippen molar-refractivity contribution in [3.05, 3.63) is 29.8 Å². The van der Waals surface area contributed by atoms with E-state index in [0.717, 1.165) is 11.3 Å². The van der Waals surface area contributed by atoms with Gasteiger partial charge in [-0.05, 0) is 18.6 Å². The summed E-state index contributed by atoms with van der Waals surface area (Å²) < 4.78 is 0. The number of carbonyl (C=O) groups is 1. The van der Waals surface area contributed by atoms with Crippen molar-refractivity contribution >= 4 is 11.6 Å². The Morgan fingerprint density at radius 3 is 2.84 bits per heavy atom. The number of amides is 1. The maximum absolute atomic E-state index is 11.9. The van der Waals surface area contributed by atoms with Crippen LogP contribution in [-0.2, 0) is 4.79 Å². The Morgan fingerprint density at radius 1 is 1.47 bits per heavy atom. The standard InChI is InChI=1S/C14H20N2O3/c1-14(19,9-17)8-15-11-7-13(18)16(2)12-6-4-3-5-10(11)12/h3-6,11,15,17,19H,7-9H2,1-2H3. The SMILES string of the molecule is CN1C(=O)CC(NCC(C)(O)CO)c2ccccc21. The molecule has 0 saturated carbocycles. The van der Waals surface area contributed by atoms with E-state index in [1.807, 2.05) is 24.3 Å². The van der Waals surface area contributed by atoms with Crippen molar-refractivity contribution < 1.29 is 15.0 Å². The number of nitrogens with one attached hydrogen (secondary N) is 1. The minimum Gasteiger partial charge on any atom is -0.393 e. The van der Waals surface area contributed by atoms with E-state index in [4.69, 9.17) is 5.11 Å². The fraction of sp³-hybridized carbons (Fsp3) is 0.500. The summed E-state index contributed by atoms with van der Waals surface area (Å²) in [7, 11) is 1.77. The van der Waals surface area contributed by atoms with E-state index in [-0.39, 0.29) is 25.1 Å². The van der Waals surface area contributed by atoms with E-state index in [1.54, 1.807) is 18.9 Å². The van der Waals surface area contributed by atoms with Crippen molar-refractivity contribution in [1.82, 2.24) is 5.32 Å². The smallest absolute Gasteiger partial charge is 0.228 e. The Balaban J connectivity index is 2.18. The first-order valence-corrected chi connectivity index (χ1v) is 6.37. The third-order valence-electron chi connectivity index (χ3n) is 3.50. The van der Waals surface area contributed by atoms with Crippen molar-refractivity contribution in [1.29, 1.82) is 0 Å². The van der Waals surface area contributed by atoms with Crippen LogP contribution in [0.3, 0.4) is 0 Å². The third kappa shape index (κ3) is 2.94. The number of benzene rings is 1. The molecule has 3 N–H and O–H groups in total. The Bertz CT molecular complexity index is 474. The summed E-state index contributed by atoms with van der Waals surface area (Å²) in [6.07, 6.45) is 0.356. The van der Waals surface area contributed by atoms with Crippen LogP contribution in [0.2, 0.25) is 0 Å². The molecular formula is C14H20N2O3. The van der Waals surface area contributed by atoms with E-state index in [0.29, 0.717) is 6.42 Å². The van der Waals surface area contributed by atoms with Gasteiger partial charge < -0.3 is 20.4 Å². The predicted molar refractivity (Wildman–Crippen MR) is 72.9 cm³/mol. The van der Waals surface area contributed by atoms with E-state index in [1.165, 1.54) is 0 Å².